The number of piperidine rings is 1. The smallest absolute Gasteiger partial charge is 0.329 e. The molecule has 3 atom stereocenters. The van der Waals surface area contributed by atoms with Crippen molar-refractivity contribution in [3.05, 3.63) is 58.5 Å². The second-order valence-corrected chi connectivity index (χ2v) is 19.0. The third kappa shape index (κ3) is 7.67. The third-order valence-electron chi connectivity index (χ3n) is 14.9. The summed E-state index contributed by atoms with van der Waals surface area (Å²) in [6, 6.07) is 4.99. The maximum Gasteiger partial charge on any atom is 0.329 e. The van der Waals surface area contributed by atoms with Crippen LogP contribution in [0, 0.1) is 11.8 Å². The van der Waals surface area contributed by atoms with Gasteiger partial charge in [-0.3, -0.25) is 33.5 Å². The van der Waals surface area contributed by atoms with Gasteiger partial charge in [-0.1, -0.05) is 0 Å². The van der Waals surface area contributed by atoms with Crippen LogP contribution in [0.3, 0.4) is 0 Å². The zero-order valence-corrected chi connectivity index (χ0v) is 37.2. The molecule has 66 heavy (non-hydrogen) atoms. The first kappa shape index (κ1) is 42.7. The van der Waals surface area contributed by atoms with E-state index in [1.54, 1.807) is 35.8 Å². The van der Waals surface area contributed by atoms with Gasteiger partial charge in [0.15, 0.2) is 11.3 Å². The van der Waals surface area contributed by atoms with E-state index in [0.717, 1.165) is 103 Å². The van der Waals surface area contributed by atoms with Crippen LogP contribution in [0.15, 0.2) is 41.6 Å². The Hall–Kier alpha value is -5.93. The van der Waals surface area contributed by atoms with Crippen molar-refractivity contribution >= 4 is 51.6 Å². The van der Waals surface area contributed by atoms with Gasteiger partial charge in [-0.2, -0.15) is 10.2 Å². The molecule has 3 amide bonds. The molecule has 0 radical (unpaired) electrons. The van der Waals surface area contributed by atoms with E-state index in [0.29, 0.717) is 40.9 Å². The molecule has 5 saturated heterocycles. The summed E-state index contributed by atoms with van der Waals surface area (Å²) in [5.74, 6) is 1.01. The fourth-order valence-corrected chi connectivity index (χ4v) is 11.4. The fraction of sp³-hybridized carbons (Fsp3) is 0.578. The molecular weight excluding hydrogens is 857 g/mol. The molecule has 4 aromatic heterocycles. The number of amides is 3. The zero-order chi connectivity index (χ0) is 45.4. The molecule has 19 nitrogen and oxygen atoms in total. The summed E-state index contributed by atoms with van der Waals surface area (Å²) in [5, 5.41) is 13.7. The predicted molar refractivity (Wildman–Crippen MR) is 238 cm³/mol. The summed E-state index contributed by atoms with van der Waals surface area (Å²) in [6.45, 7) is 8.92. The van der Waals surface area contributed by atoms with Crippen LogP contribution in [0.4, 0.5) is 26.0 Å². The van der Waals surface area contributed by atoms with Gasteiger partial charge in [-0.15, -0.1) is 0 Å². The maximum absolute atomic E-state index is 14.3. The number of morpholine rings is 1. The lowest BCUT2D eigenvalue weighted by molar-refractivity contribution is -0.135. The van der Waals surface area contributed by atoms with Crippen molar-refractivity contribution in [2.75, 3.05) is 87.7 Å². The monoisotopic (exact) mass is 911 g/mol. The number of aromatic nitrogens is 7. The number of hydrogen-bond acceptors (Lipinski definition) is 13. The number of hydrogen-bond donors (Lipinski definition) is 2. The molecule has 11 rings (SSSR count). The molecule has 2 bridgehead atoms. The molecule has 5 aromatic rings. The number of carbonyl (C=O) groups is 3. The Kier molecular flexibility index (Phi) is 11.0. The standard InChI is InChI=1S/C45H55F2N13O6/c1-53-39-33(60(45(53)64)34-8-10-37(61)51-44(34)63)7-9-35(65-2)40(39)56-21-27(22-56)20-55-15-13-54(14-16-55)19-26-3-5-28(6-4-26)59-24-32(38(52-59)41(46)47)49-43(62)31-18-48-58-12-11-36(50-42(31)58)57-23-30-17-29(57)25-66-30/h7,9,11-12,18,24,26-30,34,41H,3-6,8,10,13-17,19-23,25H2,1-2H3,(H,49,62)(H,51,61,63)/t26?,28?,29-,30-,34?/m1/s1. The van der Waals surface area contributed by atoms with Crippen LogP contribution in [0.5, 0.6) is 5.75 Å². The first-order chi connectivity index (χ1) is 32.0. The van der Waals surface area contributed by atoms with Gasteiger partial charge in [0.2, 0.25) is 11.8 Å². The minimum atomic E-state index is -2.86. The zero-order valence-electron chi connectivity index (χ0n) is 37.2. The van der Waals surface area contributed by atoms with Crippen molar-refractivity contribution in [3.8, 4) is 5.75 Å². The second kappa shape index (κ2) is 17.1. The van der Waals surface area contributed by atoms with Gasteiger partial charge in [0, 0.05) is 90.7 Å². The highest BCUT2D eigenvalue weighted by Gasteiger charge is 2.40. The average Bonchev–Trinajstić information content (AvgIpc) is 4.15. The van der Waals surface area contributed by atoms with Gasteiger partial charge < -0.3 is 34.4 Å². The number of halogens is 2. The summed E-state index contributed by atoms with van der Waals surface area (Å²) in [4.78, 5) is 66.1. The van der Waals surface area contributed by atoms with Crippen molar-refractivity contribution in [1.82, 2.24) is 48.6 Å². The average molecular weight is 912 g/mol. The Bertz CT molecular complexity index is 2750. The fourth-order valence-electron chi connectivity index (χ4n) is 11.4. The number of rotatable bonds is 12. The van der Waals surface area contributed by atoms with E-state index in [4.69, 9.17) is 14.5 Å². The highest BCUT2D eigenvalue weighted by atomic mass is 19.3. The van der Waals surface area contributed by atoms with Gasteiger partial charge >= 0.3 is 5.69 Å². The number of imidazole rings is 1. The van der Waals surface area contributed by atoms with E-state index in [-0.39, 0.29) is 53.9 Å². The lowest BCUT2D eigenvalue weighted by Gasteiger charge is -2.45. The molecule has 6 fully saturated rings. The lowest BCUT2D eigenvalue weighted by atomic mass is 9.85. The number of methoxy groups -OCH3 is 1. The van der Waals surface area contributed by atoms with E-state index in [9.17, 15) is 28.0 Å². The highest BCUT2D eigenvalue weighted by Crippen LogP contribution is 2.41. The van der Waals surface area contributed by atoms with Gasteiger partial charge in [-0.25, -0.2) is 23.1 Å². The topological polar surface area (TPSA) is 182 Å². The number of alkyl halides is 2. The number of imide groups is 1. The molecule has 6 aliphatic rings. The van der Waals surface area contributed by atoms with Crippen LogP contribution in [0.25, 0.3) is 16.7 Å². The van der Waals surface area contributed by atoms with Crippen LogP contribution in [-0.4, -0.2) is 146 Å². The molecule has 1 saturated carbocycles. The van der Waals surface area contributed by atoms with Crippen LogP contribution in [0.1, 0.15) is 79.5 Å². The van der Waals surface area contributed by atoms with Crippen LogP contribution in [-0.2, 0) is 21.4 Å². The number of nitrogens with one attached hydrogen (secondary N) is 2. The van der Waals surface area contributed by atoms with Crippen molar-refractivity contribution in [3.63, 3.8) is 0 Å². The predicted octanol–water partition coefficient (Wildman–Crippen LogP) is 3.22. The van der Waals surface area contributed by atoms with E-state index in [2.05, 4.69) is 40.4 Å². The molecule has 5 aliphatic heterocycles. The van der Waals surface area contributed by atoms with Crippen LogP contribution >= 0.6 is 0 Å². The van der Waals surface area contributed by atoms with Crippen molar-refractivity contribution in [1.29, 1.82) is 0 Å². The molecule has 0 spiro atoms. The Morgan fingerprint density at radius 1 is 0.970 bits per heavy atom. The molecule has 1 unspecified atom stereocenters. The number of anilines is 3. The third-order valence-corrected chi connectivity index (χ3v) is 14.9. The summed E-state index contributed by atoms with van der Waals surface area (Å²) >= 11 is 0. The number of fused-ring (bicyclic) bond motifs is 4. The normalized spacial score (nSPS) is 25.4. The van der Waals surface area contributed by atoms with Crippen LogP contribution in [0.2, 0.25) is 0 Å². The van der Waals surface area contributed by atoms with Crippen molar-refractivity contribution < 1.29 is 32.6 Å². The van der Waals surface area contributed by atoms with Gasteiger partial charge in [0.25, 0.3) is 12.3 Å². The minimum absolute atomic E-state index is 0.000117. The summed E-state index contributed by atoms with van der Waals surface area (Å²) < 4.78 is 46.5. The lowest BCUT2D eigenvalue weighted by Crippen LogP contribution is -2.55. The van der Waals surface area contributed by atoms with E-state index in [1.807, 2.05) is 18.2 Å². The minimum Gasteiger partial charge on any atom is -0.494 e. The quantitative estimate of drug-likeness (QED) is 0.175. The summed E-state index contributed by atoms with van der Waals surface area (Å²) in [7, 11) is 3.34. The number of carbonyl (C=O) groups excluding carboxylic acids is 3. The molecule has 2 N–H and O–H groups in total. The van der Waals surface area contributed by atoms with Gasteiger partial charge in [0.05, 0.1) is 54.8 Å². The Balaban J connectivity index is 0.662. The van der Waals surface area contributed by atoms with E-state index < -0.39 is 30.0 Å². The summed E-state index contributed by atoms with van der Waals surface area (Å²) in [6.07, 6.45) is 7.02. The maximum atomic E-state index is 14.3. The first-order valence-corrected chi connectivity index (χ1v) is 23.2. The summed E-state index contributed by atoms with van der Waals surface area (Å²) in [5.41, 5.74) is 2.02. The molecule has 350 valence electrons. The van der Waals surface area contributed by atoms with Gasteiger partial charge in [0.1, 0.15) is 28.9 Å². The molecule has 1 aromatic carbocycles. The number of piperazine rings is 1. The Labute approximate surface area is 378 Å². The van der Waals surface area contributed by atoms with Gasteiger partial charge in [-0.05, 0) is 62.6 Å². The van der Waals surface area contributed by atoms with E-state index in [1.165, 1.54) is 15.3 Å². The first-order valence-electron chi connectivity index (χ1n) is 23.2. The second-order valence-electron chi connectivity index (χ2n) is 19.0. The Morgan fingerprint density at radius 3 is 2.41 bits per heavy atom. The molecule has 21 heteroatoms. The van der Waals surface area contributed by atoms with E-state index >= 15 is 0 Å². The van der Waals surface area contributed by atoms with Crippen LogP contribution < -0.4 is 30.9 Å². The molecule has 1 aliphatic carbocycles. The number of benzene rings is 1. The number of nitrogens with zero attached hydrogens (tertiary/aromatic N) is 11. The number of ether oxygens (including phenoxy) is 2. The SMILES string of the molecule is COc1ccc2c(c1N1CC(CN3CCN(CC4CCC(n5cc(NC(=O)c6cnn7ccc(N8C[C@H]9C[C@@H]8CO9)nc67)c(C(F)F)n5)CC4)CC3)C1)n(C)c(=O)n2C1CCC(=O)NC1=O. The molecule has 9 heterocycles. The molecular formula is C45H55F2N13O6. The van der Waals surface area contributed by atoms with Crippen molar-refractivity contribution in [2.45, 2.75) is 75.6 Å². The highest BCUT2D eigenvalue weighted by molar-refractivity contribution is 6.08. The van der Waals surface area contributed by atoms with Crippen molar-refractivity contribution in [2.24, 2.45) is 18.9 Å². The number of aryl methyl sites for hydroxylation is 1. The largest absolute Gasteiger partial charge is 0.494 e. The Morgan fingerprint density at radius 2 is 1.73 bits per heavy atom.